The van der Waals surface area contributed by atoms with Crippen LogP contribution < -0.4 is 9.62 Å². The first kappa shape index (κ1) is 26.8. The minimum absolute atomic E-state index is 0.128. The largest absolute Gasteiger partial charge is 0.379 e. The summed E-state index contributed by atoms with van der Waals surface area (Å²) in [5, 5.41) is 2.76. The summed E-state index contributed by atoms with van der Waals surface area (Å²) in [6.45, 7) is 3.37. The van der Waals surface area contributed by atoms with E-state index in [9.17, 15) is 21.6 Å². The maximum absolute atomic E-state index is 12.8. The first-order valence-corrected chi connectivity index (χ1v) is 15.0. The average Bonchev–Trinajstić information content (AvgIpc) is 2.88. The topological polar surface area (TPSA) is 113 Å². The molecule has 1 N–H and O–H groups in total. The predicted molar refractivity (Wildman–Crippen MR) is 143 cm³/mol. The van der Waals surface area contributed by atoms with Crippen molar-refractivity contribution in [2.75, 3.05) is 42.2 Å². The summed E-state index contributed by atoms with van der Waals surface area (Å²) in [5.41, 5.74) is 3.09. The molecule has 0 saturated carbocycles. The zero-order valence-corrected chi connectivity index (χ0v) is 22.3. The molecule has 1 amide bonds. The Labute approximate surface area is 217 Å². The van der Waals surface area contributed by atoms with Crippen LogP contribution in [-0.2, 0) is 31.3 Å². The second-order valence-corrected chi connectivity index (χ2v) is 12.6. The summed E-state index contributed by atoms with van der Waals surface area (Å²) in [4.78, 5) is 12.9. The van der Waals surface area contributed by atoms with Crippen LogP contribution in [0, 0.1) is 6.92 Å². The minimum atomic E-state index is -3.61. The molecule has 1 fully saturated rings. The molecule has 37 heavy (non-hydrogen) atoms. The number of carbonyl (C=O) groups excluding carboxylic acids is 1. The molecule has 4 rings (SSSR count). The molecule has 3 aromatic rings. The summed E-state index contributed by atoms with van der Waals surface area (Å²) < 4.78 is 58.3. The van der Waals surface area contributed by atoms with Gasteiger partial charge in [0, 0.05) is 24.3 Å². The van der Waals surface area contributed by atoms with E-state index in [1.807, 2.05) is 13.0 Å². The molecule has 1 saturated heterocycles. The number of hydrogen-bond acceptors (Lipinski definition) is 6. The van der Waals surface area contributed by atoms with Gasteiger partial charge in [-0.25, -0.2) is 16.8 Å². The molecule has 0 radical (unpaired) electrons. The van der Waals surface area contributed by atoms with Gasteiger partial charge in [0.1, 0.15) is 0 Å². The number of anilines is 2. The van der Waals surface area contributed by atoms with Gasteiger partial charge >= 0.3 is 0 Å². The van der Waals surface area contributed by atoms with Crippen LogP contribution in [0.5, 0.6) is 0 Å². The van der Waals surface area contributed by atoms with Gasteiger partial charge in [0.2, 0.25) is 20.0 Å². The zero-order valence-electron chi connectivity index (χ0n) is 20.6. The molecule has 0 unspecified atom stereocenters. The van der Waals surface area contributed by atoms with Crippen LogP contribution in [-0.4, -0.2) is 59.6 Å². The smallest absolute Gasteiger partial charge is 0.255 e. The number of rotatable bonds is 8. The molecule has 9 nitrogen and oxygen atoms in total. The Morgan fingerprint density at radius 3 is 2.19 bits per heavy atom. The van der Waals surface area contributed by atoms with E-state index < -0.39 is 20.0 Å². The van der Waals surface area contributed by atoms with E-state index in [-0.39, 0.29) is 17.3 Å². The summed E-state index contributed by atoms with van der Waals surface area (Å²) in [5.74, 6) is -0.367. The number of carbonyl (C=O) groups is 1. The lowest BCUT2D eigenvalue weighted by molar-refractivity contribution is 0.0730. The van der Waals surface area contributed by atoms with Crippen molar-refractivity contribution in [3.05, 3.63) is 89.5 Å². The van der Waals surface area contributed by atoms with Gasteiger partial charge in [0.05, 0.1) is 36.6 Å². The third-order valence-electron chi connectivity index (χ3n) is 5.95. The van der Waals surface area contributed by atoms with Crippen LogP contribution in [0.2, 0.25) is 0 Å². The minimum Gasteiger partial charge on any atom is -0.379 e. The number of nitrogens with one attached hydrogen (secondary N) is 1. The second-order valence-electron chi connectivity index (χ2n) is 8.80. The van der Waals surface area contributed by atoms with Crippen molar-refractivity contribution in [1.29, 1.82) is 0 Å². The Kier molecular flexibility index (Phi) is 7.98. The number of nitrogens with zero attached hydrogens (tertiary/aromatic N) is 2. The number of morpholine rings is 1. The van der Waals surface area contributed by atoms with Gasteiger partial charge in [-0.1, -0.05) is 24.3 Å². The number of aryl methyl sites for hydroxylation is 1. The third-order valence-corrected chi connectivity index (χ3v) is 9.01. The molecule has 1 aliphatic heterocycles. The number of benzene rings is 3. The SMILES string of the molecule is Cc1cccc(N(Cc2ccc(C(=O)Nc3ccc(S(=O)(=O)N4CCOCC4)cc3)cc2)S(C)(=O)=O)c1. The number of ether oxygens (including phenoxy) is 1. The normalized spacial score (nSPS) is 14.8. The fraction of sp³-hybridized carbons (Fsp3) is 0.269. The molecular weight excluding hydrogens is 514 g/mol. The van der Waals surface area contributed by atoms with E-state index in [1.54, 1.807) is 54.6 Å². The monoisotopic (exact) mass is 543 g/mol. The van der Waals surface area contributed by atoms with E-state index in [1.165, 1.54) is 20.7 Å². The quantitative estimate of drug-likeness (QED) is 0.467. The highest BCUT2D eigenvalue weighted by Crippen LogP contribution is 2.23. The Bertz CT molecular complexity index is 1470. The summed E-state index contributed by atoms with van der Waals surface area (Å²) in [6.07, 6.45) is 1.16. The highest BCUT2D eigenvalue weighted by atomic mass is 32.2. The lowest BCUT2D eigenvalue weighted by Gasteiger charge is -2.26. The molecule has 1 heterocycles. The van der Waals surface area contributed by atoms with Crippen molar-refractivity contribution in [3.8, 4) is 0 Å². The standard InChI is InChI=1S/C26H29N3O6S2/c1-20-4-3-5-24(18-20)29(36(2,31)32)19-21-6-8-22(9-7-21)26(30)27-23-10-12-25(13-11-23)37(33,34)28-14-16-35-17-15-28/h3-13,18H,14-17,19H2,1-2H3,(H,27,30). The van der Waals surface area contributed by atoms with Crippen molar-refractivity contribution >= 4 is 37.3 Å². The van der Waals surface area contributed by atoms with Crippen LogP contribution in [0.3, 0.4) is 0 Å². The molecule has 0 spiro atoms. The molecule has 0 aliphatic carbocycles. The molecule has 0 atom stereocenters. The van der Waals surface area contributed by atoms with Gasteiger partial charge in [0.15, 0.2) is 0 Å². The summed E-state index contributed by atoms with van der Waals surface area (Å²) in [6, 6.07) is 19.9. The Morgan fingerprint density at radius 1 is 0.946 bits per heavy atom. The summed E-state index contributed by atoms with van der Waals surface area (Å²) >= 11 is 0. The molecular formula is C26H29N3O6S2. The molecule has 196 valence electrons. The number of hydrogen-bond donors (Lipinski definition) is 1. The molecule has 1 aliphatic rings. The van der Waals surface area contributed by atoms with E-state index in [2.05, 4.69) is 5.32 Å². The molecule has 11 heteroatoms. The molecule has 0 bridgehead atoms. The van der Waals surface area contributed by atoms with E-state index in [0.29, 0.717) is 43.2 Å². The highest BCUT2D eigenvalue weighted by Gasteiger charge is 2.26. The Morgan fingerprint density at radius 2 is 1.59 bits per heavy atom. The second kappa shape index (κ2) is 11.0. The average molecular weight is 544 g/mol. The first-order chi connectivity index (χ1) is 17.5. The van der Waals surface area contributed by atoms with Crippen LogP contribution in [0.15, 0.2) is 77.7 Å². The summed E-state index contributed by atoms with van der Waals surface area (Å²) in [7, 11) is -7.13. The van der Waals surface area contributed by atoms with Crippen LogP contribution >= 0.6 is 0 Å². The lowest BCUT2D eigenvalue weighted by atomic mass is 10.1. The van der Waals surface area contributed by atoms with Gasteiger partial charge in [-0.2, -0.15) is 4.31 Å². The fourth-order valence-electron chi connectivity index (χ4n) is 3.96. The lowest BCUT2D eigenvalue weighted by Crippen LogP contribution is -2.40. The zero-order chi connectivity index (χ0) is 26.6. The Balaban J connectivity index is 1.43. The van der Waals surface area contributed by atoms with Crippen LogP contribution in [0.1, 0.15) is 21.5 Å². The van der Waals surface area contributed by atoms with Crippen LogP contribution in [0.25, 0.3) is 0 Å². The van der Waals surface area contributed by atoms with Gasteiger partial charge in [0.25, 0.3) is 5.91 Å². The van der Waals surface area contributed by atoms with E-state index >= 15 is 0 Å². The van der Waals surface area contributed by atoms with Gasteiger partial charge in [-0.15, -0.1) is 0 Å². The van der Waals surface area contributed by atoms with Crippen molar-refractivity contribution in [1.82, 2.24) is 4.31 Å². The Hall–Kier alpha value is -3.25. The van der Waals surface area contributed by atoms with Crippen molar-refractivity contribution in [2.24, 2.45) is 0 Å². The van der Waals surface area contributed by atoms with Gasteiger partial charge in [-0.3, -0.25) is 9.10 Å². The van der Waals surface area contributed by atoms with E-state index in [4.69, 9.17) is 4.74 Å². The van der Waals surface area contributed by atoms with Crippen molar-refractivity contribution < 1.29 is 26.4 Å². The van der Waals surface area contributed by atoms with Gasteiger partial charge < -0.3 is 10.1 Å². The third kappa shape index (κ3) is 6.55. The van der Waals surface area contributed by atoms with E-state index in [0.717, 1.165) is 17.4 Å². The maximum Gasteiger partial charge on any atom is 0.255 e. The van der Waals surface area contributed by atoms with Gasteiger partial charge in [-0.05, 0) is 66.6 Å². The van der Waals surface area contributed by atoms with Crippen molar-refractivity contribution in [3.63, 3.8) is 0 Å². The highest BCUT2D eigenvalue weighted by molar-refractivity contribution is 7.92. The maximum atomic E-state index is 12.8. The fourth-order valence-corrected chi connectivity index (χ4v) is 6.25. The number of amides is 1. The molecule has 0 aromatic heterocycles. The predicted octanol–water partition coefficient (Wildman–Crippen LogP) is 3.23. The molecule has 3 aromatic carbocycles. The first-order valence-electron chi connectivity index (χ1n) is 11.7. The van der Waals surface area contributed by atoms with Crippen molar-refractivity contribution in [2.45, 2.75) is 18.4 Å². The van der Waals surface area contributed by atoms with Crippen LogP contribution in [0.4, 0.5) is 11.4 Å². The number of sulfonamides is 2.